The summed E-state index contributed by atoms with van der Waals surface area (Å²) in [6.07, 6.45) is 3.73. The van der Waals surface area contributed by atoms with Crippen molar-refractivity contribution in [3.63, 3.8) is 0 Å². The van der Waals surface area contributed by atoms with Crippen molar-refractivity contribution in [3.8, 4) is 0 Å². The molecule has 3 aliphatic heterocycles. The second-order valence-corrected chi connectivity index (χ2v) is 6.69. The highest BCUT2D eigenvalue weighted by Crippen LogP contribution is 2.22. The van der Waals surface area contributed by atoms with E-state index in [1.165, 1.54) is 19.4 Å². The number of nitrogens with one attached hydrogen (secondary N) is 2. The molecule has 5 nitrogen and oxygen atoms in total. The van der Waals surface area contributed by atoms with E-state index < -0.39 is 0 Å². The van der Waals surface area contributed by atoms with Crippen LogP contribution >= 0.6 is 0 Å². The van der Waals surface area contributed by atoms with Gasteiger partial charge >= 0.3 is 0 Å². The number of carbonyl (C=O) groups is 1. The van der Waals surface area contributed by atoms with Crippen LogP contribution in [0.3, 0.4) is 0 Å². The molecule has 0 spiro atoms. The SMILES string of the molecule is CC1CNCC(C(=O)NCC2CN3CCCC3CO2)C1. The van der Waals surface area contributed by atoms with E-state index in [1.54, 1.807) is 0 Å². The fraction of sp³-hybridized carbons (Fsp3) is 0.933. The van der Waals surface area contributed by atoms with E-state index in [-0.39, 0.29) is 17.9 Å². The average molecular weight is 281 g/mol. The van der Waals surface area contributed by atoms with Gasteiger partial charge in [0, 0.05) is 25.7 Å². The summed E-state index contributed by atoms with van der Waals surface area (Å²) in [7, 11) is 0. The largest absolute Gasteiger partial charge is 0.373 e. The highest BCUT2D eigenvalue weighted by atomic mass is 16.5. The second kappa shape index (κ2) is 6.41. The van der Waals surface area contributed by atoms with Crippen LogP contribution in [0, 0.1) is 11.8 Å². The van der Waals surface area contributed by atoms with Crippen molar-refractivity contribution in [2.45, 2.75) is 38.3 Å². The van der Waals surface area contributed by atoms with Gasteiger partial charge < -0.3 is 15.4 Å². The molecule has 1 amide bonds. The number of rotatable bonds is 3. The van der Waals surface area contributed by atoms with Gasteiger partial charge in [-0.05, 0) is 38.3 Å². The Morgan fingerprint density at radius 3 is 3.20 bits per heavy atom. The lowest BCUT2D eigenvalue weighted by Gasteiger charge is -2.35. The molecule has 0 aromatic rings. The molecule has 3 heterocycles. The Labute approximate surface area is 121 Å². The quantitative estimate of drug-likeness (QED) is 0.776. The minimum absolute atomic E-state index is 0.127. The Kier molecular flexibility index (Phi) is 4.58. The Morgan fingerprint density at radius 2 is 2.35 bits per heavy atom. The minimum Gasteiger partial charge on any atom is -0.373 e. The van der Waals surface area contributed by atoms with Gasteiger partial charge in [0.15, 0.2) is 0 Å². The zero-order chi connectivity index (χ0) is 13.9. The molecule has 4 atom stereocenters. The molecule has 3 saturated heterocycles. The number of amides is 1. The van der Waals surface area contributed by atoms with E-state index in [2.05, 4.69) is 22.5 Å². The summed E-state index contributed by atoms with van der Waals surface area (Å²) in [5.74, 6) is 0.911. The molecular formula is C15H27N3O2. The van der Waals surface area contributed by atoms with Gasteiger partial charge in [-0.15, -0.1) is 0 Å². The number of nitrogens with zero attached hydrogens (tertiary/aromatic N) is 1. The molecule has 20 heavy (non-hydrogen) atoms. The first-order valence-electron chi connectivity index (χ1n) is 8.06. The Balaban J connectivity index is 1.41. The molecule has 114 valence electrons. The minimum atomic E-state index is 0.127. The summed E-state index contributed by atoms with van der Waals surface area (Å²) < 4.78 is 5.88. The van der Waals surface area contributed by atoms with Crippen molar-refractivity contribution in [3.05, 3.63) is 0 Å². The van der Waals surface area contributed by atoms with Gasteiger partial charge in [0.1, 0.15) is 0 Å². The van der Waals surface area contributed by atoms with Crippen molar-refractivity contribution in [1.82, 2.24) is 15.5 Å². The number of hydrogen-bond donors (Lipinski definition) is 2. The summed E-state index contributed by atoms with van der Waals surface area (Å²) in [6, 6.07) is 0.630. The van der Waals surface area contributed by atoms with Crippen molar-refractivity contribution < 1.29 is 9.53 Å². The molecule has 0 aliphatic carbocycles. The van der Waals surface area contributed by atoms with Crippen LogP contribution in [-0.2, 0) is 9.53 Å². The zero-order valence-electron chi connectivity index (χ0n) is 12.4. The monoisotopic (exact) mass is 281 g/mol. The topological polar surface area (TPSA) is 53.6 Å². The highest BCUT2D eigenvalue weighted by Gasteiger charge is 2.32. The Hall–Kier alpha value is -0.650. The Morgan fingerprint density at radius 1 is 1.45 bits per heavy atom. The summed E-state index contributed by atoms with van der Waals surface area (Å²) in [5, 5.41) is 6.43. The zero-order valence-corrected chi connectivity index (χ0v) is 12.4. The predicted molar refractivity (Wildman–Crippen MR) is 77.5 cm³/mol. The second-order valence-electron chi connectivity index (χ2n) is 6.69. The van der Waals surface area contributed by atoms with Gasteiger partial charge in [-0.25, -0.2) is 0 Å². The smallest absolute Gasteiger partial charge is 0.224 e. The first kappa shape index (κ1) is 14.3. The summed E-state index contributed by atoms with van der Waals surface area (Å²) >= 11 is 0. The van der Waals surface area contributed by atoms with Crippen LogP contribution < -0.4 is 10.6 Å². The maximum Gasteiger partial charge on any atom is 0.224 e. The average Bonchev–Trinajstić information content (AvgIpc) is 2.92. The molecule has 3 rings (SSSR count). The van der Waals surface area contributed by atoms with Crippen LogP contribution in [0.5, 0.6) is 0 Å². The van der Waals surface area contributed by atoms with Crippen LogP contribution in [0.15, 0.2) is 0 Å². The molecule has 3 aliphatic rings. The van der Waals surface area contributed by atoms with Gasteiger partial charge in [-0.3, -0.25) is 9.69 Å². The van der Waals surface area contributed by atoms with Crippen molar-refractivity contribution >= 4 is 5.91 Å². The van der Waals surface area contributed by atoms with Crippen LogP contribution in [0.4, 0.5) is 0 Å². The summed E-state index contributed by atoms with van der Waals surface area (Å²) in [4.78, 5) is 14.7. The lowest BCUT2D eigenvalue weighted by Crippen LogP contribution is -2.51. The van der Waals surface area contributed by atoms with Gasteiger partial charge in [0.2, 0.25) is 5.91 Å². The molecule has 0 aromatic heterocycles. The molecule has 2 N–H and O–H groups in total. The van der Waals surface area contributed by atoms with E-state index in [9.17, 15) is 4.79 Å². The van der Waals surface area contributed by atoms with Crippen LogP contribution in [-0.4, -0.2) is 62.3 Å². The maximum absolute atomic E-state index is 12.2. The van der Waals surface area contributed by atoms with Crippen LogP contribution in [0.25, 0.3) is 0 Å². The van der Waals surface area contributed by atoms with Crippen molar-refractivity contribution in [1.29, 1.82) is 0 Å². The fourth-order valence-corrected chi connectivity index (χ4v) is 3.72. The molecule has 4 unspecified atom stereocenters. The third-order valence-electron chi connectivity index (χ3n) is 4.91. The van der Waals surface area contributed by atoms with E-state index >= 15 is 0 Å². The number of fused-ring (bicyclic) bond motifs is 1. The normalized spacial score (nSPS) is 38.5. The van der Waals surface area contributed by atoms with E-state index in [0.717, 1.165) is 32.7 Å². The summed E-state index contributed by atoms with van der Waals surface area (Å²) in [6.45, 7) is 7.72. The number of morpholine rings is 1. The number of piperidine rings is 1. The molecule has 5 heteroatoms. The fourth-order valence-electron chi connectivity index (χ4n) is 3.72. The predicted octanol–water partition coefficient (Wildman–Crippen LogP) is 0.211. The van der Waals surface area contributed by atoms with E-state index in [1.807, 2.05) is 0 Å². The highest BCUT2D eigenvalue weighted by molar-refractivity contribution is 5.79. The molecule has 0 bridgehead atoms. The lowest BCUT2D eigenvalue weighted by atomic mass is 9.91. The molecule has 0 aromatic carbocycles. The molecule has 3 fully saturated rings. The number of carbonyl (C=O) groups excluding carboxylic acids is 1. The molecule has 0 radical (unpaired) electrons. The summed E-state index contributed by atoms with van der Waals surface area (Å²) in [5.41, 5.74) is 0. The van der Waals surface area contributed by atoms with Gasteiger partial charge in [0.25, 0.3) is 0 Å². The van der Waals surface area contributed by atoms with Gasteiger partial charge in [-0.1, -0.05) is 6.92 Å². The van der Waals surface area contributed by atoms with Crippen LogP contribution in [0.1, 0.15) is 26.2 Å². The van der Waals surface area contributed by atoms with Crippen LogP contribution in [0.2, 0.25) is 0 Å². The van der Waals surface area contributed by atoms with Crippen molar-refractivity contribution in [2.75, 3.05) is 39.3 Å². The molecular weight excluding hydrogens is 254 g/mol. The van der Waals surface area contributed by atoms with Gasteiger partial charge in [0.05, 0.1) is 18.6 Å². The molecule has 0 saturated carbocycles. The third-order valence-corrected chi connectivity index (χ3v) is 4.91. The third kappa shape index (κ3) is 3.32. The maximum atomic E-state index is 12.2. The standard InChI is InChI=1S/C15H27N3O2/c1-11-5-12(7-16-6-11)15(19)17-8-14-9-18-4-2-3-13(18)10-20-14/h11-14,16H,2-10H2,1H3,(H,17,19). The lowest BCUT2D eigenvalue weighted by molar-refractivity contribution is -0.127. The number of ether oxygens (including phenoxy) is 1. The first-order valence-corrected chi connectivity index (χ1v) is 8.06. The van der Waals surface area contributed by atoms with Gasteiger partial charge in [-0.2, -0.15) is 0 Å². The van der Waals surface area contributed by atoms with E-state index in [0.29, 0.717) is 18.5 Å². The Bertz CT molecular complexity index is 350. The van der Waals surface area contributed by atoms with E-state index in [4.69, 9.17) is 4.74 Å². The number of hydrogen-bond acceptors (Lipinski definition) is 4. The first-order chi connectivity index (χ1) is 9.72. The van der Waals surface area contributed by atoms with Crippen molar-refractivity contribution in [2.24, 2.45) is 11.8 Å².